The number of piperazine rings is 1. The summed E-state index contributed by atoms with van der Waals surface area (Å²) in [5.74, 6) is 5.63. The van der Waals surface area contributed by atoms with Gasteiger partial charge in [-0.25, -0.2) is 5.84 Å². The van der Waals surface area contributed by atoms with E-state index in [4.69, 9.17) is 10.3 Å². The van der Waals surface area contributed by atoms with Crippen molar-refractivity contribution >= 4 is 11.8 Å². The molecule has 1 saturated heterocycles. The molecule has 19 heavy (non-hydrogen) atoms. The molecule has 1 aliphatic rings. The third-order valence-electron chi connectivity index (χ3n) is 3.21. The molecule has 0 radical (unpaired) electrons. The zero-order valence-corrected chi connectivity index (χ0v) is 10.9. The van der Waals surface area contributed by atoms with Crippen LogP contribution in [0.25, 0.3) is 0 Å². The Labute approximate surface area is 111 Å². The summed E-state index contributed by atoms with van der Waals surface area (Å²) in [6.45, 7) is 5.28. The fraction of sp³-hybridized carbons (Fsp3) is 0.500. The lowest BCUT2D eigenvalue weighted by Crippen LogP contribution is -2.47. The molecule has 0 spiro atoms. The normalized spacial score (nSPS) is 16.4. The first-order valence-electron chi connectivity index (χ1n) is 6.17. The molecular formula is C12H18N4O3. The second kappa shape index (κ2) is 5.85. The summed E-state index contributed by atoms with van der Waals surface area (Å²) in [6.07, 6.45) is 0. The highest BCUT2D eigenvalue weighted by atomic mass is 16.4. The van der Waals surface area contributed by atoms with E-state index in [0.717, 1.165) is 31.9 Å². The lowest BCUT2D eigenvalue weighted by molar-refractivity contribution is -0.130. The van der Waals surface area contributed by atoms with Crippen LogP contribution in [0, 0.1) is 0 Å². The summed E-state index contributed by atoms with van der Waals surface area (Å²) in [4.78, 5) is 26.5. The van der Waals surface area contributed by atoms with Gasteiger partial charge >= 0.3 is 5.91 Å². The Morgan fingerprint density at radius 3 is 2.58 bits per heavy atom. The summed E-state index contributed by atoms with van der Waals surface area (Å²) in [5, 5.41) is 0. The molecule has 3 N–H and O–H groups in total. The third-order valence-corrected chi connectivity index (χ3v) is 3.21. The zero-order chi connectivity index (χ0) is 13.8. The minimum atomic E-state index is -0.437. The Morgan fingerprint density at radius 2 is 2.00 bits per heavy atom. The van der Waals surface area contributed by atoms with Gasteiger partial charge in [-0.3, -0.25) is 19.9 Å². The van der Waals surface area contributed by atoms with Crippen LogP contribution in [0.4, 0.5) is 0 Å². The minimum Gasteiger partial charge on any atom is -0.455 e. The number of hydrazine groups is 1. The summed E-state index contributed by atoms with van der Waals surface area (Å²) in [5.41, 5.74) is 2.03. The Kier molecular flexibility index (Phi) is 4.18. The van der Waals surface area contributed by atoms with Gasteiger partial charge in [-0.1, -0.05) is 0 Å². The van der Waals surface area contributed by atoms with Gasteiger partial charge in [0, 0.05) is 33.1 Å². The molecule has 7 nitrogen and oxygen atoms in total. The Balaban J connectivity index is 1.87. The maximum atomic E-state index is 11.2. The third kappa shape index (κ3) is 3.33. The van der Waals surface area contributed by atoms with E-state index in [9.17, 15) is 9.59 Å². The van der Waals surface area contributed by atoms with Crippen LogP contribution in [-0.4, -0.2) is 47.8 Å². The van der Waals surface area contributed by atoms with Crippen LogP contribution in [0.5, 0.6) is 0 Å². The topological polar surface area (TPSA) is 91.8 Å². The van der Waals surface area contributed by atoms with Crippen molar-refractivity contribution in [3.8, 4) is 0 Å². The molecular weight excluding hydrogens is 248 g/mol. The van der Waals surface area contributed by atoms with Gasteiger partial charge in [0.2, 0.25) is 5.91 Å². The van der Waals surface area contributed by atoms with Gasteiger partial charge in [0.05, 0.1) is 6.54 Å². The fourth-order valence-electron chi connectivity index (χ4n) is 2.10. The van der Waals surface area contributed by atoms with E-state index in [-0.39, 0.29) is 11.7 Å². The van der Waals surface area contributed by atoms with Crippen LogP contribution in [0.1, 0.15) is 23.2 Å². The van der Waals surface area contributed by atoms with Crippen LogP contribution in [0.15, 0.2) is 16.5 Å². The largest absolute Gasteiger partial charge is 0.455 e. The van der Waals surface area contributed by atoms with Crippen molar-refractivity contribution in [2.24, 2.45) is 5.84 Å². The quantitative estimate of drug-likeness (QED) is 0.439. The molecule has 1 aromatic rings. The number of amides is 2. The Bertz CT molecular complexity index is 463. The fourth-order valence-corrected chi connectivity index (χ4v) is 2.10. The number of rotatable bonds is 3. The predicted octanol–water partition coefficient (Wildman–Crippen LogP) is -0.453. The molecule has 0 saturated carbocycles. The predicted molar refractivity (Wildman–Crippen MR) is 67.9 cm³/mol. The minimum absolute atomic E-state index is 0.111. The summed E-state index contributed by atoms with van der Waals surface area (Å²) in [7, 11) is 0. The highest BCUT2D eigenvalue weighted by Gasteiger charge is 2.19. The molecule has 2 heterocycles. The van der Waals surface area contributed by atoms with Crippen molar-refractivity contribution < 1.29 is 14.0 Å². The summed E-state index contributed by atoms with van der Waals surface area (Å²) in [6, 6.07) is 3.37. The smallest absolute Gasteiger partial charge is 0.300 e. The second-order valence-electron chi connectivity index (χ2n) is 4.52. The molecule has 2 rings (SSSR count). The molecule has 1 fully saturated rings. The lowest BCUT2D eigenvalue weighted by Gasteiger charge is -2.33. The zero-order valence-electron chi connectivity index (χ0n) is 10.9. The van der Waals surface area contributed by atoms with E-state index >= 15 is 0 Å². The first-order valence-corrected chi connectivity index (χ1v) is 6.17. The molecule has 1 aromatic heterocycles. The van der Waals surface area contributed by atoms with E-state index in [0.29, 0.717) is 6.54 Å². The Hall–Kier alpha value is -1.86. The van der Waals surface area contributed by atoms with E-state index in [1.54, 1.807) is 19.1 Å². The number of hydrogen-bond donors (Lipinski definition) is 2. The molecule has 0 aromatic carbocycles. The number of nitrogens with one attached hydrogen (secondary N) is 1. The molecule has 0 atom stereocenters. The van der Waals surface area contributed by atoms with Crippen molar-refractivity contribution in [2.45, 2.75) is 13.5 Å². The number of nitrogens with two attached hydrogens (primary N) is 1. The monoisotopic (exact) mass is 266 g/mol. The average Bonchev–Trinajstić information content (AvgIpc) is 2.87. The van der Waals surface area contributed by atoms with E-state index in [1.807, 2.05) is 10.3 Å². The number of hydrogen-bond acceptors (Lipinski definition) is 5. The van der Waals surface area contributed by atoms with Gasteiger partial charge in [-0.2, -0.15) is 0 Å². The number of furan rings is 1. The van der Waals surface area contributed by atoms with Gasteiger partial charge in [-0.05, 0) is 12.1 Å². The average molecular weight is 266 g/mol. The SMILES string of the molecule is CC(=O)N1CCN(Cc2ccc(C(=O)NN)o2)CC1. The molecule has 1 aliphatic heterocycles. The number of carbonyl (C=O) groups is 2. The Morgan fingerprint density at radius 1 is 1.32 bits per heavy atom. The van der Waals surface area contributed by atoms with E-state index < -0.39 is 5.91 Å². The van der Waals surface area contributed by atoms with Crippen molar-refractivity contribution in [1.29, 1.82) is 0 Å². The number of nitrogens with zero attached hydrogens (tertiary/aromatic N) is 2. The number of carbonyl (C=O) groups excluding carboxylic acids is 2. The molecule has 2 amide bonds. The van der Waals surface area contributed by atoms with Crippen LogP contribution in [0.2, 0.25) is 0 Å². The van der Waals surface area contributed by atoms with Gasteiger partial charge < -0.3 is 9.32 Å². The van der Waals surface area contributed by atoms with Gasteiger partial charge in [0.25, 0.3) is 0 Å². The second-order valence-corrected chi connectivity index (χ2v) is 4.52. The molecule has 0 bridgehead atoms. The van der Waals surface area contributed by atoms with Gasteiger partial charge in [0.15, 0.2) is 5.76 Å². The van der Waals surface area contributed by atoms with Crippen molar-refractivity contribution in [1.82, 2.24) is 15.2 Å². The summed E-state index contributed by atoms with van der Waals surface area (Å²) < 4.78 is 5.40. The standard InChI is InChI=1S/C12H18N4O3/c1-9(17)16-6-4-15(5-7-16)8-10-2-3-11(19-10)12(18)14-13/h2-3H,4-8,13H2,1H3,(H,14,18). The molecule has 0 aliphatic carbocycles. The van der Waals surface area contributed by atoms with E-state index in [2.05, 4.69) is 4.90 Å². The first kappa shape index (κ1) is 13.6. The highest BCUT2D eigenvalue weighted by Crippen LogP contribution is 2.12. The van der Waals surface area contributed by atoms with E-state index in [1.165, 1.54) is 0 Å². The van der Waals surface area contributed by atoms with Crippen LogP contribution >= 0.6 is 0 Å². The maximum Gasteiger partial charge on any atom is 0.300 e. The maximum absolute atomic E-state index is 11.2. The van der Waals surface area contributed by atoms with Crippen LogP contribution in [-0.2, 0) is 11.3 Å². The van der Waals surface area contributed by atoms with Crippen molar-refractivity contribution in [2.75, 3.05) is 26.2 Å². The van der Waals surface area contributed by atoms with Crippen molar-refractivity contribution in [3.05, 3.63) is 23.7 Å². The van der Waals surface area contributed by atoms with Crippen LogP contribution < -0.4 is 11.3 Å². The van der Waals surface area contributed by atoms with Crippen LogP contribution in [0.3, 0.4) is 0 Å². The van der Waals surface area contributed by atoms with Gasteiger partial charge in [-0.15, -0.1) is 0 Å². The molecule has 7 heteroatoms. The lowest BCUT2D eigenvalue weighted by atomic mass is 10.3. The van der Waals surface area contributed by atoms with Gasteiger partial charge in [0.1, 0.15) is 5.76 Å². The summed E-state index contributed by atoms with van der Waals surface area (Å²) >= 11 is 0. The number of nitrogen functional groups attached to an aromatic ring is 1. The highest BCUT2D eigenvalue weighted by molar-refractivity contribution is 5.90. The molecule has 104 valence electrons. The first-order chi connectivity index (χ1) is 9.10. The molecule has 0 unspecified atom stereocenters. The van der Waals surface area contributed by atoms with Crippen molar-refractivity contribution in [3.63, 3.8) is 0 Å².